The molecule has 2 aromatic carbocycles. The maximum Gasteiger partial charge on any atom is 0.284 e. The van der Waals surface area contributed by atoms with Gasteiger partial charge in [-0.1, -0.05) is 29.8 Å². The molecule has 0 aliphatic heterocycles. The summed E-state index contributed by atoms with van der Waals surface area (Å²) in [5.41, 5.74) is 7.50. The Morgan fingerprint density at radius 3 is 2.61 bits per heavy atom. The molecule has 0 saturated heterocycles. The predicted octanol–water partition coefficient (Wildman–Crippen LogP) is 2.25. The monoisotopic (exact) mass is 328 g/mol. The number of nitrogens with two attached hydrogens (primary N) is 1. The number of nitrogens with one attached hydrogen (secondary N) is 2. The van der Waals surface area contributed by atoms with E-state index in [1.807, 2.05) is 12.1 Å². The minimum atomic E-state index is -0.672. The average molecular weight is 329 g/mol. The van der Waals surface area contributed by atoms with Crippen molar-refractivity contribution in [1.29, 1.82) is 0 Å². The molecular weight excluding hydrogens is 316 g/mol. The lowest BCUT2D eigenvalue weighted by molar-refractivity contribution is 0.0950. The molecule has 4 N–H and O–H groups in total. The van der Waals surface area contributed by atoms with E-state index in [0.717, 1.165) is 5.56 Å². The van der Waals surface area contributed by atoms with Crippen LogP contribution in [0, 0.1) is 0 Å². The molecule has 0 aliphatic carbocycles. The first kappa shape index (κ1) is 15.1. The van der Waals surface area contributed by atoms with Gasteiger partial charge < -0.3 is 16.0 Å². The Balaban J connectivity index is 1.83. The van der Waals surface area contributed by atoms with Crippen molar-refractivity contribution in [3.05, 3.63) is 64.4 Å². The fourth-order valence-corrected chi connectivity index (χ4v) is 2.34. The van der Waals surface area contributed by atoms with Crippen molar-refractivity contribution in [2.45, 2.75) is 6.54 Å². The molecule has 0 fully saturated rings. The van der Waals surface area contributed by atoms with E-state index in [1.165, 1.54) is 0 Å². The van der Waals surface area contributed by atoms with E-state index in [9.17, 15) is 9.59 Å². The van der Waals surface area contributed by atoms with Crippen LogP contribution in [0.2, 0.25) is 5.02 Å². The molecule has 6 nitrogen and oxygen atoms in total. The quantitative estimate of drug-likeness (QED) is 0.684. The van der Waals surface area contributed by atoms with Crippen LogP contribution in [0.25, 0.3) is 11.0 Å². The number of nitrogens with zero attached hydrogens (tertiary/aromatic N) is 1. The number of H-pyrrole nitrogens is 1. The number of carbonyl (C=O) groups is 2. The van der Waals surface area contributed by atoms with Gasteiger partial charge in [0, 0.05) is 11.6 Å². The number of rotatable bonds is 4. The number of aromatic nitrogens is 2. The molecule has 2 amide bonds. The van der Waals surface area contributed by atoms with Crippen molar-refractivity contribution in [3.8, 4) is 0 Å². The summed E-state index contributed by atoms with van der Waals surface area (Å²) >= 11 is 5.83. The highest BCUT2D eigenvalue weighted by atomic mass is 35.5. The molecule has 0 unspecified atom stereocenters. The summed E-state index contributed by atoms with van der Waals surface area (Å²) in [6.45, 7) is 0.361. The van der Waals surface area contributed by atoms with Crippen molar-refractivity contribution in [2.75, 3.05) is 0 Å². The zero-order valence-corrected chi connectivity index (χ0v) is 12.7. The van der Waals surface area contributed by atoms with Crippen LogP contribution >= 0.6 is 11.6 Å². The number of fused-ring (bicyclic) bond motifs is 1. The zero-order valence-electron chi connectivity index (χ0n) is 12.0. The van der Waals surface area contributed by atoms with Gasteiger partial charge >= 0.3 is 0 Å². The second kappa shape index (κ2) is 6.10. The van der Waals surface area contributed by atoms with Crippen LogP contribution < -0.4 is 11.1 Å². The van der Waals surface area contributed by atoms with E-state index < -0.39 is 5.91 Å². The van der Waals surface area contributed by atoms with Gasteiger partial charge in [0.05, 0.1) is 11.1 Å². The number of hydrogen-bond acceptors (Lipinski definition) is 3. The van der Waals surface area contributed by atoms with E-state index in [1.54, 1.807) is 30.3 Å². The topological polar surface area (TPSA) is 101 Å². The molecule has 7 heteroatoms. The van der Waals surface area contributed by atoms with Crippen molar-refractivity contribution < 1.29 is 9.59 Å². The van der Waals surface area contributed by atoms with E-state index in [2.05, 4.69) is 15.3 Å². The summed E-state index contributed by atoms with van der Waals surface area (Å²) in [7, 11) is 0. The molecule has 0 saturated carbocycles. The largest absolute Gasteiger partial charge is 0.363 e. The van der Waals surface area contributed by atoms with E-state index in [4.69, 9.17) is 17.3 Å². The zero-order chi connectivity index (χ0) is 16.4. The molecule has 0 spiro atoms. The van der Waals surface area contributed by atoms with Gasteiger partial charge in [0.2, 0.25) is 0 Å². The third kappa shape index (κ3) is 3.17. The van der Waals surface area contributed by atoms with Gasteiger partial charge in [-0.05, 0) is 29.8 Å². The smallest absolute Gasteiger partial charge is 0.284 e. The summed E-state index contributed by atoms with van der Waals surface area (Å²) in [6.07, 6.45) is 0. The summed E-state index contributed by atoms with van der Waals surface area (Å²) < 4.78 is 0. The third-order valence-electron chi connectivity index (χ3n) is 3.36. The predicted molar refractivity (Wildman–Crippen MR) is 87.2 cm³/mol. The normalized spacial score (nSPS) is 10.7. The molecule has 0 atom stereocenters. The summed E-state index contributed by atoms with van der Waals surface area (Å²) in [5, 5.41) is 3.45. The fourth-order valence-electron chi connectivity index (χ4n) is 2.21. The Kier molecular flexibility index (Phi) is 3.99. The van der Waals surface area contributed by atoms with Crippen LogP contribution in [-0.4, -0.2) is 21.8 Å². The maximum absolute atomic E-state index is 12.4. The van der Waals surface area contributed by atoms with Gasteiger partial charge in [0.1, 0.15) is 5.52 Å². The lowest BCUT2D eigenvalue weighted by atomic mass is 10.1. The van der Waals surface area contributed by atoms with Crippen molar-refractivity contribution in [1.82, 2.24) is 15.3 Å². The number of halogens is 1. The molecule has 1 heterocycles. The Hall–Kier alpha value is -2.86. The first-order valence-corrected chi connectivity index (χ1v) is 7.23. The van der Waals surface area contributed by atoms with Crippen molar-refractivity contribution in [3.63, 3.8) is 0 Å². The summed E-state index contributed by atoms with van der Waals surface area (Å²) in [5.74, 6) is -0.931. The number of imidazole rings is 1. The molecule has 0 aliphatic rings. The number of amides is 2. The lowest BCUT2D eigenvalue weighted by Crippen LogP contribution is -2.23. The highest BCUT2D eigenvalue weighted by Crippen LogP contribution is 2.17. The second-order valence-corrected chi connectivity index (χ2v) is 5.40. The third-order valence-corrected chi connectivity index (χ3v) is 3.61. The van der Waals surface area contributed by atoms with Crippen LogP contribution in [-0.2, 0) is 6.54 Å². The van der Waals surface area contributed by atoms with Crippen molar-refractivity contribution >= 4 is 34.4 Å². The van der Waals surface area contributed by atoms with Crippen molar-refractivity contribution in [2.24, 2.45) is 5.73 Å². The Morgan fingerprint density at radius 1 is 1.17 bits per heavy atom. The number of primary amides is 1. The van der Waals surface area contributed by atoms with Crippen LogP contribution in [0.15, 0.2) is 42.5 Å². The van der Waals surface area contributed by atoms with Crippen LogP contribution in [0.3, 0.4) is 0 Å². The maximum atomic E-state index is 12.4. The number of para-hydroxylation sites is 1. The molecular formula is C16H13ClN4O2. The number of carbonyl (C=O) groups excluding carboxylic acids is 2. The second-order valence-electron chi connectivity index (χ2n) is 4.96. The number of benzene rings is 2. The van der Waals surface area contributed by atoms with Gasteiger partial charge in [0.15, 0.2) is 5.82 Å². The summed E-state index contributed by atoms with van der Waals surface area (Å²) in [6, 6.07) is 12.3. The van der Waals surface area contributed by atoms with E-state index in [0.29, 0.717) is 28.2 Å². The Bertz CT molecular complexity index is 887. The minimum absolute atomic E-state index is 0.0259. The first-order valence-electron chi connectivity index (χ1n) is 6.86. The van der Waals surface area contributed by atoms with Gasteiger partial charge in [0.25, 0.3) is 11.8 Å². The molecule has 3 rings (SSSR count). The Labute approximate surface area is 136 Å². The van der Waals surface area contributed by atoms with Crippen LogP contribution in [0.1, 0.15) is 26.5 Å². The number of aromatic amines is 1. The van der Waals surface area contributed by atoms with Gasteiger partial charge in [-0.3, -0.25) is 9.59 Å². The SMILES string of the molecule is NC(=O)c1nc2c(C(=O)NCc3ccc(Cl)cc3)cccc2[nH]1. The van der Waals surface area contributed by atoms with E-state index in [-0.39, 0.29) is 11.7 Å². The van der Waals surface area contributed by atoms with Gasteiger partial charge in [-0.2, -0.15) is 0 Å². The lowest BCUT2D eigenvalue weighted by Gasteiger charge is -2.06. The number of hydrogen-bond donors (Lipinski definition) is 3. The first-order chi connectivity index (χ1) is 11.0. The molecule has 3 aromatic rings. The Morgan fingerprint density at radius 2 is 1.91 bits per heavy atom. The fraction of sp³-hybridized carbons (Fsp3) is 0.0625. The molecule has 1 aromatic heterocycles. The molecule has 116 valence electrons. The highest BCUT2D eigenvalue weighted by Gasteiger charge is 2.15. The van der Waals surface area contributed by atoms with Crippen LogP contribution in [0.5, 0.6) is 0 Å². The van der Waals surface area contributed by atoms with Crippen LogP contribution in [0.4, 0.5) is 0 Å². The van der Waals surface area contributed by atoms with Gasteiger partial charge in [-0.25, -0.2) is 4.98 Å². The molecule has 0 bridgehead atoms. The molecule has 23 heavy (non-hydrogen) atoms. The van der Waals surface area contributed by atoms with E-state index >= 15 is 0 Å². The molecule has 0 radical (unpaired) electrons. The highest BCUT2D eigenvalue weighted by molar-refractivity contribution is 6.30. The minimum Gasteiger partial charge on any atom is -0.363 e. The summed E-state index contributed by atoms with van der Waals surface area (Å²) in [4.78, 5) is 30.5. The standard InChI is InChI=1S/C16H13ClN4O2/c17-10-6-4-9(5-7-10)8-19-16(23)11-2-1-3-12-13(11)21-15(20-12)14(18)22/h1-7H,8H2,(H2,18,22)(H,19,23)(H,20,21). The van der Waals surface area contributed by atoms with Gasteiger partial charge in [-0.15, -0.1) is 0 Å². The average Bonchev–Trinajstić information content (AvgIpc) is 2.98.